The summed E-state index contributed by atoms with van der Waals surface area (Å²) in [5.74, 6) is 2.89. The lowest BCUT2D eigenvalue weighted by Gasteiger charge is -2.34. The molecule has 6 nitrogen and oxygen atoms in total. The van der Waals surface area contributed by atoms with Crippen molar-refractivity contribution >= 4 is 16.7 Å². The van der Waals surface area contributed by atoms with E-state index in [1.54, 1.807) is 6.20 Å². The third-order valence-electron chi connectivity index (χ3n) is 9.92. The van der Waals surface area contributed by atoms with Gasteiger partial charge in [0.15, 0.2) is 5.82 Å². The highest BCUT2D eigenvalue weighted by atomic mass is 19.1. The molecule has 2 unspecified atom stereocenters. The topological polar surface area (TPSA) is 54.4 Å². The van der Waals surface area contributed by atoms with Crippen molar-refractivity contribution < 1.29 is 9.13 Å². The molecule has 4 fully saturated rings. The quantitative estimate of drug-likeness (QED) is 0.338. The second-order valence-corrected chi connectivity index (χ2v) is 13.6. The van der Waals surface area contributed by atoms with E-state index in [9.17, 15) is 0 Å². The molecule has 3 saturated heterocycles. The van der Waals surface area contributed by atoms with Crippen LogP contribution in [0.15, 0.2) is 30.5 Å². The number of hydrogen-bond donors (Lipinski definition) is 0. The Labute approximate surface area is 237 Å². The highest BCUT2D eigenvalue weighted by molar-refractivity contribution is 5.92. The van der Waals surface area contributed by atoms with Crippen LogP contribution in [0, 0.1) is 29.5 Å². The van der Waals surface area contributed by atoms with Gasteiger partial charge in [-0.15, -0.1) is 0 Å². The number of ether oxygens (including phenoxy) is 1. The van der Waals surface area contributed by atoms with E-state index in [-0.39, 0.29) is 11.4 Å². The summed E-state index contributed by atoms with van der Waals surface area (Å²) in [6, 6.07) is 8.34. The number of halogens is 1. The Balaban J connectivity index is 1.30. The van der Waals surface area contributed by atoms with Crippen molar-refractivity contribution in [3.8, 4) is 17.3 Å². The number of fused-ring (bicyclic) bond motifs is 4. The van der Waals surface area contributed by atoms with Crippen molar-refractivity contribution in [2.75, 3.05) is 37.7 Å². The van der Waals surface area contributed by atoms with Gasteiger partial charge in [-0.05, 0) is 80.7 Å². The van der Waals surface area contributed by atoms with Gasteiger partial charge in [0.25, 0.3) is 0 Å². The van der Waals surface area contributed by atoms with E-state index in [4.69, 9.17) is 19.7 Å². The van der Waals surface area contributed by atoms with Crippen LogP contribution in [-0.4, -0.2) is 58.2 Å². The van der Waals surface area contributed by atoms with E-state index in [2.05, 4.69) is 36.6 Å². The van der Waals surface area contributed by atoms with Crippen LogP contribution in [0.4, 0.5) is 10.2 Å². The van der Waals surface area contributed by atoms with E-state index in [1.165, 1.54) is 25.7 Å². The van der Waals surface area contributed by atoms with E-state index >= 15 is 4.39 Å². The molecule has 0 N–H and O–H groups in total. The lowest BCUT2D eigenvalue weighted by molar-refractivity contribution is 0.107. The summed E-state index contributed by atoms with van der Waals surface area (Å²) in [6.45, 7) is 11.4. The molecule has 2 aromatic heterocycles. The molecule has 212 valence electrons. The van der Waals surface area contributed by atoms with Crippen molar-refractivity contribution in [3.05, 3.63) is 41.8 Å². The Morgan fingerprint density at radius 3 is 2.70 bits per heavy atom. The van der Waals surface area contributed by atoms with Crippen molar-refractivity contribution in [2.24, 2.45) is 23.7 Å². The maximum Gasteiger partial charge on any atom is 0.319 e. The second-order valence-electron chi connectivity index (χ2n) is 13.6. The van der Waals surface area contributed by atoms with E-state index < -0.39 is 0 Å². The highest BCUT2D eigenvalue weighted by Crippen LogP contribution is 2.43. The standard InChI is InChI=1S/C33H42FN5O/c1-21(2)13-25-7-4-5-8-26(25)29-28(34)30-27(16-35-29)31(38-18-23-9-10-24(14-23)19-38)37-32(36-30)40-20-33-11-6-12-39(33)17-22(3)15-33/h4-5,7-8,16,21-24H,6,9-15,17-20H2,1-3H3/t22-,23?,24?,33+/m1/s1. The maximum atomic E-state index is 16.5. The molecule has 7 rings (SSSR count). The summed E-state index contributed by atoms with van der Waals surface area (Å²) < 4.78 is 23.0. The Morgan fingerprint density at radius 1 is 1.10 bits per heavy atom. The van der Waals surface area contributed by atoms with Crippen LogP contribution in [0.1, 0.15) is 64.9 Å². The Kier molecular flexibility index (Phi) is 6.68. The van der Waals surface area contributed by atoms with Crippen LogP contribution in [0.3, 0.4) is 0 Å². The third kappa shape index (κ3) is 4.64. The molecular formula is C33H42FN5O. The summed E-state index contributed by atoms with van der Waals surface area (Å²) >= 11 is 0. The van der Waals surface area contributed by atoms with Gasteiger partial charge in [0.05, 0.1) is 10.9 Å². The van der Waals surface area contributed by atoms with Gasteiger partial charge in [-0.25, -0.2) is 4.39 Å². The number of rotatable bonds is 7. The predicted octanol–water partition coefficient (Wildman–Crippen LogP) is 6.52. The molecule has 1 aromatic carbocycles. The Morgan fingerprint density at radius 2 is 1.90 bits per heavy atom. The molecule has 5 heterocycles. The number of anilines is 1. The van der Waals surface area contributed by atoms with Crippen LogP contribution in [0.5, 0.6) is 6.01 Å². The number of piperidine rings is 1. The van der Waals surface area contributed by atoms with Crippen LogP contribution < -0.4 is 9.64 Å². The molecule has 4 atom stereocenters. The monoisotopic (exact) mass is 543 g/mol. The van der Waals surface area contributed by atoms with Crippen LogP contribution in [0.25, 0.3) is 22.2 Å². The van der Waals surface area contributed by atoms with Crippen molar-refractivity contribution in [2.45, 2.75) is 71.3 Å². The zero-order valence-electron chi connectivity index (χ0n) is 24.2. The Hall–Kier alpha value is -2.80. The second kappa shape index (κ2) is 10.2. The average Bonchev–Trinajstić information content (AvgIpc) is 3.58. The smallest absolute Gasteiger partial charge is 0.319 e. The molecule has 4 aliphatic rings. The summed E-state index contributed by atoms with van der Waals surface area (Å²) in [5.41, 5.74) is 2.69. The molecule has 1 saturated carbocycles. The largest absolute Gasteiger partial charge is 0.461 e. The predicted molar refractivity (Wildman–Crippen MR) is 157 cm³/mol. The SMILES string of the molecule is CC(C)Cc1ccccc1-c1ncc2c(N3CC4CCC(C4)C3)nc(OC[C@@]34CCCN3C[C@H](C)C4)nc2c1F. The van der Waals surface area contributed by atoms with Gasteiger partial charge in [0, 0.05) is 31.4 Å². The van der Waals surface area contributed by atoms with Crippen LogP contribution in [-0.2, 0) is 6.42 Å². The molecule has 40 heavy (non-hydrogen) atoms. The summed E-state index contributed by atoms with van der Waals surface area (Å²) in [6.07, 6.45) is 9.98. The van der Waals surface area contributed by atoms with Gasteiger partial charge in [-0.1, -0.05) is 45.0 Å². The zero-order chi connectivity index (χ0) is 27.4. The normalized spacial score (nSPS) is 28.1. The maximum absolute atomic E-state index is 16.5. The fourth-order valence-corrected chi connectivity index (χ4v) is 8.29. The van der Waals surface area contributed by atoms with Crippen LogP contribution >= 0.6 is 0 Å². The molecule has 2 bridgehead atoms. The molecule has 1 aliphatic carbocycles. The van der Waals surface area contributed by atoms with Gasteiger partial charge in [-0.3, -0.25) is 9.88 Å². The summed E-state index contributed by atoms with van der Waals surface area (Å²) in [4.78, 5) is 19.4. The molecule has 3 aliphatic heterocycles. The number of nitrogens with zero attached hydrogens (tertiary/aromatic N) is 5. The van der Waals surface area contributed by atoms with E-state index in [0.717, 1.165) is 62.4 Å². The molecule has 7 heteroatoms. The fourth-order valence-electron chi connectivity index (χ4n) is 8.29. The summed E-state index contributed by atoms with van der Waals surface area (Å²) in [7, 11) is 0. The average molecular weight is 544 g/mol. The number of pyridine rings is 1. The molecular weight excluding hydrogens is 501 g/mol. The third-order valence-corrected chi connectivity index (χ3v) is 9.92. The van der Waals surface area contributed by atoms with Crippen molar-refractivity contribution in [3.63, 3.8) is 0 Å². The van der Waals surface area contributed by atoms with Gasteiger partial charge in [-0.2, -0.15) is 9.97 Å². The zero-order valence-corrected chi connectivity index (χ0v) is 24.2. The van der Waals surface area contributed by atoms with Crippen molar-refractivity contribution in [1.82, 2.24) is 19.9 Å². The molecule has 0 spiro atoms. The van der Waals surface area contributed by atoms with Gasteiger partial charge < -0.3 is 9.64 Å². The van der Waals surface area contributed by atoms with E-state index in [0.29, 0.717) is 52.9 Å². The number of benzene rings is 1. The molecule has 0 amide bonds. The highest BCUT2D eigenvalue weighted by Gasteiger charge is 2.48. The van der Waals surface area contributed by atoms with Gasteiger partial charge >= 0.3 is 6.01 Å². The van der Waals surface area contributed by atoms with Crippen molar-refractivity contribution in [1.29, 1.82) is 0 Å². The van der Waals surface area contributed by atoms with Gasteiger partial charge in [0.2, 0.25) is 0 Å². The lowest BCUT2D eigenvalue weighted by atomic mass is 9.92. The first-order valence-corrected chi connectivity index (χ1v) is 15.5. The molecule has 3 aromatic rings. The molecule has 0 radical (unpaired) electrons. The minimum absolute atomic E-state index is 0.0554. The first-order valence-electron chi connectivity index (χ1n) is 15.5. The van der Waals surface area contributed by atoms with Gasteiger partial charge in [0.1, 0.15) is 23.6 Å². The minimum Gasteiger partial charge on any atom is -0.461 e. The lowest BCUT2D eigenvalue weighted by Crippen LogP contribution is -2.43. The number of hydrogen-bond acceptors (Lipinski definition) is 6. The first-order chi connectivity index (χ1) is 19.4. The first kappa shape index (κ1) is 26.1. The Bertz CT molecular complexity index is 1400. The van der Waals surface area contributed by atoms with Crippen LogP contribution in [0.2, 0.25) is 0 Å². The summed E-state index contributed by atoms with van der Waals surface area (Å²) in [5, 5.41) is 0.686. The number of aromatic nitrogens is 3. The minimum atomic E-state index is -0.377. The fraction of sp³-hybridized carbons (Fsp3) is 0.606. The van der Waals surface area contributed by atoms with E-state index in [1.807, 2.05) is 18.2 Å².